The molecule has 0 bridgehead atoms. The molecule has 3 N–H and O–H groups in total. The van der Waals surface area contributed by atoms with Crippen LogP contribution >= 0.6 is 0 Å². The van der Waals surface area contributed by atoms with Gasteiger partial charge in [-0.05, 0) is 64.2 Å². The molecule has 53 heavy (non-hydrogen) atoms. The van der Waals surface area contributed by atoms with Gasteiger partial charge in [0, 0.05) is 12.8 Å². The van der Waals surface area contributed by atoms with Gasteiger partial charge in [0.25, 0.3) is 0 Å². The molecule has 0 aromatic carbocycles. The molecule has 0 aromatic heterocycles. The van der Waals surface area contributed by atoms with Crippen molar-refractivity contribution in [3.63, 3.8) is 0 Å². The Morgan fingerprint density at radius 3 is 1.34 bits per heavy atom. The summed E-state index contributed by atoms with van der Waals surface area (Å²) in [6.45, 7) is 4.81. The minimum atomic E-state index is -0.857. The quantitative estimate of drug-likeness (QED) is 0.0328. The van der Waals surface area contributed by atoms with Gasteiger partial charge in [-0.3, -0.25) is 9.59 Å². The molecule has 6 nitrogen and oxygen atoms in total. The van der Waals surface area contributed by atoms with Crippen molar-refractivity contribution >= 4 is 11.9 Å². The van der Waals surface area contributed by atoms with Crippen molar-refractivity contribution in [2.75, 3.05) is 13.2 Å². The van der Waals surface area contributed by atoms with E-state index in [1.165, 1.54) is 128 Å². The molecule has 1 amide bonds. The lowest BCUT2D eigenvalue weighted by atomic mass is 10.0. The number of carbonyl (C=O) groups excluding carboxylic acids is 2. The van der Waals surface area contributed by atoms with Crippen LogP contribution in [0.5, 0.6) is 0 Å². The van der Waals surface area contributed by atoms with E-state index in [2.05, 4.69) is 31.3 Å². The first-order valence-electron chi connectivity index (χ1n) is 23.1. The van der Waals surface area contributed by atoms with Gasteiger partial charge in [-0.1, -0.05) is 186 Å². The predicted molar refractivity (Wildman–Crippen MR) is 227 cm³/mol. The maximum atomic E-state index is 12.3. The van der Waals surface area contributed by atoms with Gasteiger partial charge in [-0.15, -0.1) is 0 Å². The molecule has 0 aliphatic heterocycles. The smallest absolute Gasteiger partial charge is 0.305 e. The molecule has 0 aliphatic rings. The molecule has 0 saturated heterocycles. The van der Waals surface area contributed by atoms with Crippen LogP contribution in [0.4, 0.5) is 0 Å². The Morgan fingerprint density at radius 2 is 0.887 bits per heavy atom. The average molecular weight is 748 g/mol. The van der Waals surface area contributed by atoms with Crippen molar-refractivity contribution in [2.45, 2.75) is 251 Å². The molecule has 6 heteroatoms. The van der Waals surface area contributed by atoms with Crippen LogP contribution in [-0.2, 0) is 14.3 Å². The summed E-state index contributed by atoms with van der Waals surface area (Å²) in [5.74, 6) is -0.120. The number of nitrogens with one attached hydrogen (secondary N) is 1. The second-order valence-corrected chi connectivity index (χ2v) is 15.7. The number of hydrogen-bond donors (Lipinski definition) is 3. The summed E-state index contributed by atoms with van der Waals surface area (Å²) in [4.78, 5) is 24.3. The van der Waals surface area contributed by atoms with Gasteiger partial charge in [-0.25, -0.2) is 0 Å². The third-order valence-electron chi connectivity index (χ3n) is 10.5. The van der Waals surface area contributed by atoms with Crippen LogP contribution in [0, 0.1) is 0 Å². The Balaban J connectivity index is 3.52. The van der Waals surface area contributed by atoms with E-state index >= 15 is 0 Å². The first kappa shape index (κ1) is 51.3. The Hall–Kier alpha value is -1.66. The zero-order chi connectivity index (χ0) is 38.7. The number of rotatable bonds is 42. The molecule has 0 spiro atoms. The summed E-state index contributed by atoms with van der Waals surface area (Å²) in [7, 11) is 0. The Labute approximate surface area is 329 Å². The van der Waals surface area contributed by atoms with E-state index in [0.717, 1.165) is 83.5 Å². The van der Waals surface area contributed by atoms with Gasteiger partial charge in [-0.2, -0.15) is 0 Å². The van der Waals surface area contributed by atoms with E-state index < -0.39 is 12.1 Å². The van der Waals surface area contributed by atoms with Crippen LogP contribution in [0.3, 0.4) is 0 Å². The summed E-state index contributed by atoms with van der Waals surface area (Å²) in [5, 5.41) is 22.9. The van der Waals surface area contributed by atoms with Crippen molar-refractivity contribution in [3.05, 3.63) is 24.3 Å². The highest BCUT2D eigenvalue weighted by atomic mass is 16.5. The van der Waals surface area contributed by atoms with Crippen molar-refractivity contribution in [3.8, 4) is 0 Å². The molecule has 0 aromatic rings. The Bertz CT molecular complexity index is 828. The molecule has 0 heterocycles. The summed E-state index contributed by atoms with van der Waals surface area (Å²) in [5.41, 5.74) is 0. The van der Waals surface area contributed by atoms with Crippen molar-refractivity contribution in [1.82, 2.24) is 5.32 Å². The number of aliphatic hydroxyl groups is 2. The number of aliphatic hydroxyl groups excluding tert-OH is 2. The van der Waals surface area contributed by atoms with E-state index in [1.807, 2.05) is 6.08 Å². The predicted octanol–water partition coefficient (Wildman–Crippen LogP) is 13.2. The van der Waals surface area contributed by atoms with Crippen molar-refractivity contribution in [2.24, 2.45) is 0 Å². The lowest BCUT2D eigenvalue weighted by Crippen LogP contribution is -2.45. The Kier molecular flexibility index (Phi) is 41.7. The first-order valence-corrected chi connectivity index (χ1v) is 23.1. The molecule has 0 aliphatic carbocycles. The fraction of sp³-hybridized carbons (Fsp3) is 0.872. The second-order valence-electron chi connectivity index (χ2n) is 15.7. The summed E-state index contributed by atoms with van der Waals surface area (Å²) in [6.07, 6.45) is 48.8. The van der Waals surface area contributed by atoms with Crippen LogP contribution < -0.4 is 5.32 Å². The van der Waals surface area contributed by atoms with Gasteiger partial charge in [0.1, 0.15) is 0 Å². The zero-order valence-electron chi connectivity index (χ0n) is 35.2. The molecule has 312 valence electrons. The number of ether oxygens (including phenoxy) is 1. The number of esters is 1. The fourth-order valence-electron chi connectivity index (χ4n) is 6.86. The maximum absolute atomic E-state index is 12.3. The molecule has 0 fully saturated rings. The number of unbranched alkanes of at least 4 members (excludes halogenated alkanes) is 29. The normalized spacial score (nSPS) is 12.9. The molecule has 0 radical (unpaired) electrons. The fourth-order valence-corrected chi connectivity index (χ4v) is 6.86. The molecular formula is C47H89NO5. The summed E-state index contributed by atoms with van der Waals surface area (Å²) < 4.78 is 5.43. The van der Waals surface area contributed by atoms with E-state index in [1.54, 1.807) is 6.08 Å². The van der Waals surface area contributed by atoms with Crippen molar-refractivity contribution < 1.29 is 24.5 Å². The molecule has 2 unspecified atom stereocenters. The van der Waals surface area contributed by atoms with E-state index in [0.29, 0.717) is 19.4 Å². The second kappa shape index (κ2) is 43.1. The minimum Gasteiger partial charge on any atom is -0.466 e. The number of carbonyl (C=O) groups is 2. The topological polar surface area (TPSA) is 95.9 Å². The Morgan fingerprint density at radius 1 is 0.509 bits per heavy atom. The van der Waals surface area contributed by atoms with E-state index in [4.69, 9.17) is 4.74 Å². The third-order valence-corrected chi connectivity index (χ3v) is 10.5. The zero-order valence-corrected chi connectivity index (χ0v) is 35.2. The lowest BCUT2D eigenvalue weighted by Gasteiger charge is -2.20. The third kappa shape index (κ3) is 39.8. The van der Waals surface area contributed by atoms with Crippen molar-refractivity contribution in [1.29, 1.82) is 0 Å². The first-order chi connectivity index (χ1) is 26.0. The van der Waals surface area contributed by atoms with E-state index in [-0.39, 0.29) is 18.5 Å². The van der Waals surface area contributed by atoms with Gasteiger partial charge < -0.3 is 20.3 Å². The number of allylic oxidation sites excluding steroid dienone is 3. The van der Waals surface area contributed by atoms with Crippen LogP contribution in [0.1, 0.15) is 239 Å². The number of hydrogen-bond acceptors (Lipinski definition) is 5. The monoisotopic (exact) mass is 748 g/mol. The van der Waals surface area contributed by atoms with Gasteiger partial charge >= 0.3 is 5.97 Å². The SMILES string of the molecule is CCCCCCCCCC/C=C/C(O)C(CO)NC(=O)CCCCCCC/C=C\CCCCCOC(=O)CCCCCCCCCCCCCCCC. The lowest BCUT2D eigenvalue weighted by molar-refractivity contribution is -0.143. The van der Waals surface area contributed by atoms with Crippen LogP contribution in [0.2, 0.25) is 0 Å². The van der Waals surface area contributed by atoms with Crippen LogP contribution in [0.25, 0.3) is 0 Å². The minimum absolute atomic E-state index is 0.0232. The molecule has 0 saturated carbocycles. The summed E-state index contributed by atoms with van der Waals surface area (Å²) in [6, 6.07) is -0.643. The average Bonchev–Trinajstić information content (AvgIpc) is 3.16. The standard InChI is InChI=1S/C47H89NO5/c1-3-5-7-9-11-13-15-16-17-21-25-29-33-37-41-47(52)53-42-38-34-30-26-22-19-18-20-24-28-32-36-40-46(51)48-44(43-49)45(50)39-35-31-27-23-14-12-10-8-6-4-2/h19,22,35,39,44-45,49-50H,3-18,20-21,23-34,36-38,40-43H2,1-2H3,(H,48,51)/b22-19-,39-35+. The highest BCUT2D eigenvalue weighted by Crippen LogP contribution is 2.15. The van der Waals surface area contributed by atoms with Crippen LogP contribution in [0.15, 0.2) is 24.3 Å². The number of amides is 1. The summed E-state index contributed by atoms with van der Waals surface area (Å²) >= 11 is 0. The molecule has 0 rings (SSSR count). The maximum Gasteiger partial charge on any atom is 0.305 e. The molecule has 2 atom stereocenters. The highest BCUT2D eigenvalue weighted by molar-refractivity contribution is 5.76. The van der Waals surface area contributed by atoms with Crippen LogP contribution in [-0.4, -0.2) is 47.4 Å². The van der Waals surface area contributed by atoms with E-state index in [9.17, 15) is 19.8 Å². The van der Waals surface area contributed by atoms with Gasteiger partial charge in [0.2, 0.25) is 5.91 Å². The van der Waals surface area contributed by atoms with Gasteiger partial charge in [0.05, 0.1) is 25.4 Å². The van der Waals surface area contributed by atoms with Gasteiger partial charge in [0.15, 0.2) is 0 Å². The largest absolute Gasteiger partial charge is 0.466 e. The highest BCUT2D eigenvalue weighted by Gasteiger charge is 2.18. The molecular weight excluding hydrogens is 659 g/mol.